The van der Waals surface area contributed by atoms with E-state index in [9.17, 15) is 0 Å². The third kappa shape index (κ3) is 4.14. The van der Waals surface area contributed by atoms with Crippen LogP contribution in [0.3, 0.4) is 0 Å². The van der Waals surface area contributed by atoms with Crippen molar-refractivity contribution in [3.63, 3.8) is 0 Å². The van der Waals surface area contributed by atoms with Gasteiger partial charge in [-0.25, -0.2) is 0 Å². The van der Waals surface area contributed by atoms with Crippen molar-refractivity contribution in [2.45, 2.75) is 38.2 Å². The quantitative estimate of drug-likeness (QED) is 0.908. The Morgan fingerprint density at radius 1 is 1.18 bits per heavy atom. The van der Waals surface area contributed by atoms with Crippen molar-refractivity contribution in [3.8, 4) is 11.5 Å². The van der Waals surface area contributed by atoms with E-state index >= 15 is 0 Å². The Labute approximate surface area is 133 Å². The Kier molecular flexibility index (Phi) is 5.57. The van der Waals surface area contributed by atoms with Crippen molar-refractivity contribution in [2.75, 3.05) is 33.4 Å². The molecule has 22 heavy (non-hydrogen) atoms. The normalized spacial score (nSPS) is 23.2. The standard InChI is InChI=1S/C18H27NO3/c1-20-17-5-4-15(11-14-6-8-19-9-7-14)12-18(17)22-16-3-2-10-21-13-16/h4-5,12,14,16,19H,2-3,6-11,13H2,1H3. The first kappa shape index (κ1) is 15.6. The zero-order chi connectivity index (χ0) is 15.2. The number of benzene rings is 1. The highest BCUT2D eigenvalue weighted by molar-refractivity contribution is 5.43. The molecule has 1 N–H and O–H groups in total. The molecule has 2 fully saturated rings. The lowest BCUT2D eigenvalue weighted by Crippen LogP contribution is -2.29. The summed E-state index contributed by atoms with van der Waals surface area (Å²) in [5, 5.41) is 3.43. The number of methoxy groups -OCH3 is 1. The minimum absolute atomic E-state index is 0.150. The Morgan fingerprint density at radius 2 is 2.05 bits per heavy atom. The third-order valence-electron chi connectivity index (χ3n) is 4.62. The topological polar surface area (TPSA) is 39.7 Å². The zero-order valence-corrected chi connectivity index (χ0v) is 13.5. The van der Waals surface area contributed by atoms with Gasteiger partial charge in [0.15, 0.2) is 11.5 Å². The van der Waals surface area contributed by atoms with Crippen LogP contribution in [0.2, 0.25) is 0 Å². The van der Waals surface area contributed by atoms with Crippen molar-refractivity contribution < 1.29 is 14.2 Å². The van der Waals surface area contributed by atoms with E-state index in [0.29, 0.717) is 6.61 Å². The van der Waals surface area contributed by atoms with E-state index in [-0.39, 0.29) is 6.10 Å². The third-order valence-corrected chi connectivity index (χ3v) is 4.62. The van der Waals surface area contributed by atoms with Gasteiger partial charge in [0.1, 0.15) is 6.10 Å². The van der Waals surface area contributed by atoms with Crippen LogP contribution in [0.5, 0.6) is 11.5 Å². The molecule has 1 unspecified atom stereocenters. The second kappa shape index (κ2) is 7.84. The van der Waals surface area contributed by atoms with E-state index in [0.717, 1.165) is 56.4 Å². The molecule has 1 aromatic carbocycles. The molecule has 1 aromatic rings. The number of ether oxygens (including phenoxy) is 3. The molecule has 4 nitrogen and oxygen atoms in total. The molecule has 0 bridgehead atoms. The van der Waals surface area contributed by atoms with Gasteiger partial charge in [-0.3, -0.25) is 0 Å². The van der Waals surface area contributed by atoms with Gasteiger partial charge in [-0.15, -0.1) is 0 Å². The molecule has 0 radical (unpaired) electrons. The van der Waals surface area contributed by atoms with Crippen LogP contribution in [-0.4, -0.2) is 39.5 Å². The molecule has 3 rings (SSSR count). The van der Waals surface area contributed by atoms with E-state index < -0.39 is 0 Å². The number of piperidine rings is 1. The highest BCUT2D eigenvalue weighted by Gasteiger charge is 2.19. The summed E-state index contributed by atoms with van der Waals surface area (Å²) in [6, 6.07) is 6.37. The van der Waals surface area contributed by atoms with Gasteiger partial charge in [0.2, 0.25) is 0 Å². The average Bonchev–Trinajstić information content (AvgIpc) is 2.57. The minimum Gasteiger partial charge on any atom is -0.493 e. The van der Waals surface area contributed by atoms with Gasteiger partial charge in [0.05, 0.1) is 13.7 Å². The Hall–Kier alpha value is -1.26. The average molecular weight is 305 g/mol. The van der Waals surface area contributed by atoms with Crippen LogP contribution < -0.4 is 14.8 Å². The molecule has 2 aliphatic heterocycles. The fourth-order valence-electron chi connectivity index (χ4n) is 3.34. The van der Waals surface area contributed by atoms with Crippen molar-refractivity contribution >= 4 is 0 Å². The van der Waals surface area contributed by atoms with Crippen LogP contribution in [0.25, 0.3) is 0 Å². The Morgan fingerprint density at radius 3 is 2.77 bits per heavy atom. The first-order valence-electron chi connectivity index (χ1n) is 8.47. The molecular weight excluding hydrogens is 278 g/mol. The van der Waals surface area contributed by atoms with Crippen molar-refractivity contribution in [1.29, 1.82) is 0 Å². The lowest BCUT2D eigenvalue weighted by Gasteiger charge is -2.25. The molecule has 2 saturated heterocycles. The second-order valence-electron chi connectivity index (χ2n) is 6.34. The van der Waals surface area contributed by atoms with Crippen LogP contribution >= 0.6 is 0 Å². The van der Waals surface area contributed by atoms with Gasteiger partial charge >= 0.3 is 0 Å². The zero-order valence-electron chi connectivity index (χ0n) is 13.5. The maximum Gasteiger partial charge on any atom is 0.161 e. The molecule has 0 spiro atoms. The fraction of sp³-hybridized carbons (Fsp3) is 0.667. The van der Waals surface area contributed by atoms with Gasteiger partial charge in [-0.1, -0.05) is 6.07 Å². The van der Waals surface area contributed by atoms with Gasteiger partial charge in [0.25, 0.3) is 0 Å². The van der Waals surface area contributed by atoms with Crippen molar-refractivity contribution in [1.82, 2.24) is 5.32 Å². The first-order chi connectivity index (χ1) is 10.8. The summed E-state index contributed by atoms with van der Waals surface area (Å²) in [7, 11) is 1.70. The molecule has 0 amide bonds. The summed E-state index contributed by atoms with van der Waals surface area (Å²) in [4.78, 5) is 0. The van der Waals surface area contributed by atoms with E-state index in [4.69, 9.17) is 14.2 Å². The summed E-state index contributed by atoms with van der Waals surface area (Å²) in [5.41, 5.74) is 1.35. The number of hydrogen-bond donors (Lipinski definition) is 1. The van der Waals surface area contributed by atoms with E-state index in [2.05, 4.69) is 17.4 Å². The Balaban J connectivity index is 1.67. The van der Waals surface area contributed by atoms with Crippen molar-refractivity contribution in [3.05, 3.63) is 23.8 Å². The van der Waals surface area contributed by atoms with E-state index in [1.165, 1.54) is 18.4 Å². The van der Waals surface area contributed by atoms with Crippen LogP contribution in [0, 0.1) is 5.92 Å². The molecule has 2 aliphatic rings. The van der Waals surface area contributed by atoms with Gasteiger partial charge < -0.3 is 19.5 Å². The first-order valence-corrected chi connectivity index (χ1v) is 8.47. The van der Waals surface area contributed by atoms with Crippen molar-refractivity contribution in [2.24, 2.45) is 5.92 Å². The monoisotopic (exact) mass is 305 g/mol. The van der Waals surface area contributed by atoms with Crippen LogP contribution in [0.4, 0.5) is 0 Å². The maximum atomic E-state index is 6.14. The molecule has 0 aromatic heterocycles. The number of rotatable bonds is 5. The molecule has 0 aliphatic carbocycles. The highest BCUT2D eigenvalue weighted by Crippen LogP contribution is 2.31. The van der Waals surface area contributed by atoms with E-state index in [1.807, 2.05) is 6.07 Å². The van der Waals surface area contributed by atoms with Gasteiger partial charge in [-0.05, 0) is 68.8 Å². The minimum atomic E-state index is 0.150. The van der Waals surface area contributed by atoms with Gasteiger partial charge in [-0.2, -0.15) is 0 Å². The summed E-state index contributed by atoms with van der Waals surface area (Å²) >= 11 is 0. The maximum absolute atomic E-state index is 6.14. The SMILES string of the molecule is COc1ccc(CC2CCNCC2)cc1OC1CCCOC1. The van der Waals surface area contributed by atoms with Gasteiger partial charge in [0, 0.05) is 6.61 Å². The smallest absolute Gasteiger partial charge is 0.161 e. The predicted octanol–water partition coefficient (Wildman–Crippen LogP) is 2.80. The predicted molar refractivity (Wildman–Crippen MR) is 86.8 cm³/mol. The fourth-order valence-corrected chi connectivity index (χ4v) is 3.34. The Bertz CT molecular complexity index is 465. The van der Waals surface area contributed by atoms with Crippen LogP contribution in [-0.2, 0) is 11.2 Å². The number of hydrogen-bond acceptors (Lipinski definition) is 4. The molecule has 1 atom stereocenters. The second-order valence-corrected chi connectivity index (χ2v) is 6.34. The number of nitrogens with one attached hydrogen (secondary N) is 1. The summed E-state index contributed by atoms with van der Waals surface area (Å²) < 4.78 is 17.1. The molecule has 4 heteroatoms. The van der Waals surface area contributed by atoms with Crippen LogP contribution in [0.15, 0.2) is 18.2 Å². The molecular formula is C18H27NO3. The molecule has 2 heterocycles. The molecule has 0 saturated carbocycles. The summed E-state index contributed by atoms with van der Waals surface area (Å²) in [6.07, 6.45) is 5.93. The van der Waals surface area contributed by atoms with E-state index in [1.54, 1.807) is 7.11 Å². The summed E-state index contributed by atoms with van der Waals surface area (Å²) in [5.74, 6) is 2.46. The largest absolute Gasteiger partial charge is 0.493 e. The summed E-state index contributed by atoms with van der Waals surface area (Å²) in [6.45, 7) is 3.82. The molecule has 122 valence electrons. The van der Waals surface area contributed by atoms with Crippen LogP contribution in [0.1, 0.15) is 31.2 Å². The lowest BCUT2D eigenvalue weighted by atomic mass is 9.91. The highest BCUT2D eigenvalue weighted by atomic mass is 16.5. The lowest BCUT2D eigenvalue weighted by molar-refractivity contribution is 0.00640.